The van der Waals surface area contributed by atoms with Gasteiger partial charge < -0.3 is 9.72 Å². The number of aromatic nitrogens is 5. The number of tetrazole rings is 1. The molecule has 0 spiro atoms. The molecule has 3 aromatic rings. The molecule has 1 N–H and O–H groups in total. The summed E-state index contributed by atoms with van der Waals surface area (Å²) in [7, 11) is 1.66. The van der Waals surface area contributed by atoms with Gasteiger partial charge in [-0.3, -0.25) is 9.69 Å². The number of hydrogen-bond acceptors (Lipinski definition) is 6. The molecule has 0 bridgehead atoms. The van der Waals surface area contributed by atoms with Gasteiger partial charge in [0.2, 0.25) is 0 Å². The fraction of sp³-hybridized carbons (Fsp3) is 0.600. The molecule has 2 heterocycles. The number of nitrogens with one attached hydrogen (secondary N) is 1. The lowest BCUT2D eigenvalue weighted by Gasteiger charge is -2.35. The zero-order valence-corrected chi connectivity index (χ0v) is 19.7. The molecule has 1 atom stereocenters. The normalized spacial score (nSPS) is 18.5. The van der Waals surface area contributed by atoms with Crippen LogP contribution in [0, 0.1) is 0 Å². The third kappa shape index (κ3) is 4.40. The summed E-state index contributed by atoms with van der Waals surface area (Å²) in [6.45, 7) is 2.79. The molecule has 0 amide bonds. The zero-order valence-electron chi connectivity index (χ0n) is 19.7. The second kappa shape index (κ2) is 9.63. The van der Waals surface area contributed by atoms with Crippen LogP contribution in [0.1, 0.15) is 88.2 Å². The van der Waals surface area contributed by atoms with Crippen molar-refractivity contribution in [2.75, 3.05) is 7.11 Å². The number of nitrogens with zero attached hydrogens (tertiary/aromatic N) is 5. The Morgan fingerprint density at radius 3 is 2.64 bits per heavy atom. The van der Waals surface area contributed by atoms with Crippen LogP contribution in [0.4, 0.5) is 0 Å². The molecule has 2 aliphatic rings. The predicted octanol–water partition coefficient (Wildman–Crippen LogP) is 4.53. The number of hydrogen-bond donors (Lipinski definition) is 1. The van der Waals surface area contributed by atoms with Gasteiger partial charge in [0.25, 0.3) is 5.56 Å². The molecule has 2 aromatic heterocycles. The fourth-order valence-electron chi connectivity index (χ4n) is 5.79. The molecule has 0 radical (unpaired) electrons. The smallest absolute Gasteiger partial charge is 0.252 e. The Bertz CT molecular complexity index is 1140. The molecule has 1 aromatic carbocycles. The third-order valence-electron chi connectivity index (χ3n) is 7.55. The highest BCUT2D eigenvalue weighted by atomic mass is 16.5. The van der Waals surface area contributed by atoms with Crippen LogP contribution in [0.25, 0.3) is 10.9 Å². The summed E-state index contributed by atoms with van der Waals surface area (Å²) in [6.07, 6.45) is 10.4. The molecule has 5 rings (SSSR count). The zero-order chi connectivity index (χ0) is 22.8. The number of fused-ring (bicyclic) bond motifs is 1. The number of H-pyrrole nitrogens is 1. The van der Waals surface area contributed by atoms with E-state index in [1.165, 1.54) is 25.7 Å². The average Bonchev–Trinajstić information content (AvgIpc) is 3.61. The maximum atomic E-state index is 13.1. The number of pyridine rings is 1. The number of rotatable bonds is 8. The molecule has 2 fully saturated rings. The van der Waals surface area contributed by atoms with Gasteiger partial charge in [-0.05, 0) is 66.8 Å². The highest BCUT2D eigenvalue weighted by Crippen LogP contribution is 2.36. The monoisotopic (exact) mass is 450 g/mol. The van der Waals surface area contributed by atoms with Crippen molar-refractivity contribution >= 4 is 10.9 Å². The average molecular weight is 451 g/mol. The van der Waals surface area contributed by atoms with Crippen molar-refractivity contribution in [2.45, 2.75) is 89.4 Å². The minimum absolute atomic E-state index is 0.0269. The van der Waals surface area contributed by atoms with Gasteiger partial charge in [0.05, 0.1) is 19.2 Å². The van der Waals surface area contributed by atoms with E-state index in [1.807, 2.05) is 24.3 Å². The Hall–Kier alpha value is -2.74. The molecular weight excluding hydrogens is 416 g/mol. The second-order valence-corrected chi connectivity index (χ2v) is 9.53. The Labute approximate surface area is 194 Å². The molecule has 8 nitrogen and oxygen atoms in total. The van der Waals surface area contributed by atoms with E-state index in [-0.39, 0.29) is 11.6 Å². The highest BCUT2D eigenvalue weighted by molar-refractivity contribution is 5.80. The van der Waals surface area contributed by atoms with E-state index >= 15 is 0 Å². The van der Waals surface area contributed by atoms with Crippen molar-refractivity contribution in [3.63, 3.8) is 0 Å². The summed E-state index contributed by atoms with van der Waals surface area (Å²) in [5.74, 6) is 1.74. The molecule has 2 aliphatic carbocycles. The quantitative estimate of drug-likeness (QED) is 0.542. The van der Waals surface area contributed by atoms with E-state index in [0.717, 1.165) is 60.1 Å². The van der Waals surface area contributed by atoms with Gasteiger partial charge >= 0.3 is 0 Å². The largest absolute Gasteiger partial charge is 0.497 e. The summed E-state index contributed by atoms with van der Waals surface area (Å²) in [4.78, 5) is 18.6. The lowest BCUT2D eigenvalue weighted by Crippen LogP contribution is -2.39. The Kier molecular flexibility index (Phi) is 6.44. The summed E-state index contributed by atoms with van der Waals surface area (Å²) >= 11 is 0. The van der Waals surface area contributed by atoms with E-state index in [4.69, 9.17) is 4.74 Å². The van der Waals surface area contributed by atoms with Gasteiger partial charge in [0, 0.05) is 29.1 Å². The van der Waals surface area contributed by atoms with Crippen molar-refractivity contribution in [2.24, 2.45) is 0 Å². The molecule has 8 heteroatoms. The van der Waals surface area contributed by atoms with Crippen molar-refractivity contribution in [1.82, 2.24) is 30.1 Å². The lowest BCUT2D eigenvalue weighted by molar-refractivity contribution is 0.110. The molecule has 0 saturated heterocycles. The third-order valence-corrected chi connectivity index (χ3v) is 7.55. The van der Waals surface area contributed by atoms with Crippen molar-refractivity contribution in [1.29, 1.82) is 0 Å². The first-order valence-electron chi connectivity index (χ1n) is 12.4. The second-order valence-electron chi connectivity index (χ2n) is 9.53. The van der Waals surface area contributed by atoms with Crippen LogP contribution in [0.2, 0.25) is 0 Å². The van der Waals surface area contributed by atoms with Crippen molar-refractivity contribution in [3.8, 4) is 5.75 Å². The standard InChI is InChI=1S/C25H34N6O2/c1-3-23(24-27-28-29-31(24)20-10-6-7-11-20)30(19-8-4-5-9-19)16-18-14-17-15-21(33-2)12-13-22(17)26-25(18)32/h12-15,19-20,23H,3-11,16H2,1-2H3,(H,26,32)/t23-/m0/s1. The van der Waals surface area contributed by atoms with Gasteiger partial charge in [0.15, 0.2) is 5.82 Å². The van der Waals surface area contributed by atoms with E-state index < -0.39 is 0 Å². The van der Waals surface area contributed by atoms with Gasteiger partial charge in [-0.1, -0.05) is 32.6 Å². The first-order valence-corrected chi connectivity index (χ1v) is 12.4. The maximum absolute atomic E-state index is 13.1. The summed E-state index contributed by atoms with van der Waals surface area (Å²) in [6, 6.07) is 8.69. The minimum atomic E-state index is -0.0269. The molecule has 0 unspecified atom stereocenters. The molecule has 33 heavy (non-hydrogen) atoms. The Morgan fingerprint density at radius 2 is 1.91 bits per heavy atom. The lowest BCUT2D eigenvalue weighted by atomic mass is 10.0. The van der Waals surface area contributed by atoms with Crippen molar-refractivity contribution < 1.29 is 4.74 Å². The highest BCUT2D eigenvalue weighted by Gasteiger charge is 2.34. The maximum Gasteiger partial charge on any atom is 0.252 e. The predicted molar refractivity (Wildman–Crippen MR) is 127 cm³/mol. The van der Waals surface area contributed by atoms with Crippen LogP contribution < -0.4 is 10.3 Å². The number of aromatic amines is 1. The number of ether oxygens (including phenoxy) is 1. The Morgan fingerprint density at radius 1 is 1.15 bits per heavy atom. The number of benzene rings is 1. The van der Waals surface area contributed by atoms with Gasteiger partial charge in [-0.15, -0.1) is 5.10 Å². The van der Waals surface area contributed by atoms with Gasteiger partial charge in [0.1, 0.15) is 5.75 Å². The Balaban J connectivity index is 1.51. The van der Waals surface area contributed by atoms with Crippen LogP contribution in [0.5, 0.6) is 5.75 Å². The summed E-state index contributed by atoms with van der Waals surface area (Å²) in [5, 5.41) is 14.0. The SMILES string of the molecule is CC[C@@H](c1nnnn1C1CCCC1)N(Cc1cc2cc(OC)ccc2[nH]c1=O)C1CCCC1. The summed E-state index contributed by atoms with van der Waals surface area (Å²) < 4.78 is 7.48. The van der Waals surface area contributed by atoms with Gasteiger partial charge in [-0.25, -0.2) is 4.68 Å². The van der Waals surface area contributed by atoms with Crippen LogP contribution in [-0.4, -0.2) is 43.2 Å². The molecule has 2 saturated carbocycles. The molecule has 176 valence electrons. The fourth-order valence-corrected chi connectivity index (χ4v) is 5.79. The first-order chi connectivity index (χ1) is 16.2. The topological polar surface area (TPSA) is 88.9 Å². The minimum Gasteiger partial charge on any atom is -0.497 e. The van der Waals surface area contributed by atoms with E-state index in [0.29, 0.717) is 18.6 Å². The van der Waals surface area contributed by atoms with Crippen LogP contribution in [0.3, 0.4) is 0 Å². The van der Waals surface area contributed by atoms with E-state index in [9.17, 15) is 4.79 Å². The van der Waals surface area contributed by atoms with Crippen LogP contribution in [-0.2, 0) is 6.54 Å². The molecule has 0 aliphatic heterocycles. The van der Waals surface area contributed by atoms with Gasteiger partial charge in [-0.2, -0.15) is 0 Å². The van der Waals surface area contributed by atoms with E-state index in [1.54, 1.807) is 7.11 Å². The van der Waals surface area contributed by atoms with Crippen LogP contribution >= 0.6 is 0 Å². The van der Waals surface area contributed by atoms with Crippen LogP contribution in [0.15, 0.2) is 29.1 Å². The summed E-state index contributed by atoms with van der Waals surface area (Å²) in [5.41, 5.74) is 1.58. The first kappa shape index (κ1) is 22.1. The molecular formula is C25H34N6O2. The van der Waals surface area contributed by atoms with E-state index in [2.05, 4.69) is 37.0 Å². The van der Waals surface area contributed by atoms with Crippen molar-refractivity contribution in [3.05, 3.63) is 46.0 Å². The number of methoxy groups -OCH3 is 1.